The largest absolute Gasteiger partial charge is 0.389 e. The SMILES string of the molecule is Cl.NCC1CN(S(=O)(=O)CCCC(F)(F)F)CCO1. The zero-order chi connectivity index (χ0) is 13.8. The Morgan fingerprint density at radius 2 is 2.00 bits per heavy atom. The molecule has 1 aliphatic heterocycles. The number of hydrogen-bond acceptors (Lipinski definition) is 4. The van der Waals surface area contributed by atoms with Crippen LogP contribution in [0.3, 0.4) is 0 Å². The highest BCUT2D eigenvalue weighted by molar-refractivity contribution is 7.89. The molecule has 0 aliphatic carbocycles. The predicted octanol–water partition coefficient (Wildman–Crippen LogP) is 0.740. The quantitative estimate of drug-likeness (QED) is 0.809. The van der Waals surface area contributed by atoms with Crippen molar-refractivity contribution < 1.29 is 26.3 Å². The summed E-state index contributed by atoms with van der Waals surface area (Å²) in [5, 5.41) is 0. The van der Waals surface area contributed by atoms with Crippen molar-refractivity contribution in [3.05, 3.63) is 0 Å². The van der Waals surface area contributed by atoms with E-state index in [0.717, 1.165) is 4.31 Å². The van der Waals surface area contributed by atoms with Crippen molar-refractivity contribution in [1.29, 1.82) is 0 Å². The number of hydrogen-bond donors (Lipinski definition) is 1. The molecule has 0 saturated carbocycles. The van der Waals surface area contributed by atoms with Crippen LogP contribution in [-0.4, -0.2) is 57.0 Å². The molecule has 0 aromatic heterocycles. The molecular formula is C9H18ClF3N2O3S. The highest BCUT2D eigenvalue weighted by atomic mass is 35.5. The molecule has 0 bridgehead atoms. The summed E-state index contributed by atoms with van der Waals surface area (Å²) in [6.45, 7) is 0.699. The lowest BCUT2D eigenvalue weighted by Crippen LogP contribution is -2.48. The molecule has 116 valence electrons. The van der Waals surface area contributed by atoms with Crippen LogP contribution >= 0.6 is 12.4 Å². The van der Waals surface area contributed by atoms with Crippen LogP contribution in [0.25, 0.3) is 0 Å². The summed E-state index contributed by atoms with van der Waals surface area (Å²) < 4.78 is 65.8. The Bertz CT molecular complexity index is 364. The second-order valence-corrected chi connectivity index (χ2v) is 6.21. The maximum Gasteiger partial charge on any atom is 0.389 e. The summed E-state index contributed by atoms with van der Waals surface area (Å²) in [6, 6.07) is 0. The van der Waals surface area contributed by atoms with E-state index in [1.165, 1.54) is 0 Å². The third kappa shape index (κ3) is 6.75. The second kappa shape index (κ2) is 7.63. The molecular weight excluding hydrogens is 309 g/mol. The Balaban J connectivity index is 0.00000324. The molecule has 0 aromatic carbocycles. The molecule has 10 heteroatoms. The van der Waals surface area contributed by atoms with Gasteiger partial charge in [-0.25, -0.2) is 8.42 Å². The fraction of sp³-hybridized carbons (Fsp3) is 1.00. The van der Waals surface area contributed by atoms with Crippen molar-refractivity contribution in [2.75, 3.05) is 32.0 Å². The molecule has 2 N–H and O–H groups in total. The van der Waals surface area contributed by atoms with Gasteiger partial charge in [0.2, 0.25) is 10.0 Å². The molecule has 5 nitrogen and oxygen atoms in total. The molecule has 0 radical (unpaired) electrons. The van der Waals surface area contributed by atoms with Gasteiger partial charge < -0.3 is 10.5 Å². The summed E-state index contributed by atoms with van der Waals surface area (Å²) in [4.78, 5) is 0. The molecule has 1 fully saturated rings. The van der Waals surface area contributed by atoms with Crippen LogP contribution < -0.4 is 5.73 Å². The van der Waals surface area contributed by atoms with E-state index in [0.29, 0.717) is 0 Å². The van der Waals surface area contributed by atoms with E-state index in [9.17, 15) is 21.6 Å². The molecule has 1 atom stereocenters. The van der Waals surface area contributed by atoms with E-state index < -0.39 is 34.8 Å². The van der Waals surface area contributed by atoms with E-state index in [2.05, 4.69) is 0 Å². The monoisotopic (exact) mass is 326 g/mol. The van der Waals surface area contributed by atoms with Crippen LogP contribution in [-0.2, 0) is 14.8 Å². The average Bonchev–Trinajstić information content (AvgIpc) is 2.27. The van der Waals surface area contributed by atoms with Gasteiger partial charge in [-0.15, -0.1) is 12.4 Å². The van der Waals surface area contributed by atoms with Gasteiger partial charge in [0.05, 0.1) is 18.5 Å². The highest BCUT2D eigenvalue weighted by Gasteiger charge is 2.31. The van der Waals surface area contributed by atoms with E-state index in [-0.39, 0.29) is 44.8 Å². The van der Waals surface area contributed by atoms with E-state index in [1.54, 1.807) is 0 Å². The van der Waals surface area contributed by atoms with Gasteiger partial charge in [-0.2, -0.15) is 17.5 Å². The number of sulfonamides is 1. The summed E-state index contributed by atoms with van der Waals surface area (Å²) in [5.41, 5.74) is 5.37. The standard InChI is InChI=1S/C9H17F3N2O3S.ClH/c10-9(11,12)2-1-5-18(15,16)14-3-4-17-8(6-13)7-14;/h8H,1-7,13H2;1H. The number of ether oxygens (including phenoxy) is 1. The predicted molar refractivity (Wildman–Crippen MR) is 66.7 cm³/mol. The lowest BCUT2D eigenvalue weighted by Gasteiger charge is -2.31. The van der Waals surface area contributed by atoms with Gasteiger partial charge in [0.15, 0.2) is 0 Å². The van der Waals surface area contributed by atoms with Crippen molar-refractivity contribution in [1.82, 2.24) is 4.31 Å². The van der Waals surface area contributed by atoms with Crippen LogP contribution in [0.1, 0.15) is 12.8 Å². The molecule has 1 unspecified atom stereocenters. The highest BCUT2D eigenvalue weighted by Crippen LogP contribution is 2.22. The van der Waals surface area contributed by atoms with Crippen LogP contribution in [0.5, 0.6) is 0 Å². The fourth-order valence-electron chi connectivity index (χ4n) is 1.67. The van der Waals surface area contributed by atoms with E-state index >= 15 is 0 Å². The lowest BCUT2D eigenvalue weighted by molar-refractivity contribution is -0.134. The summed E-state index contributed by atoms with van der Waals surface area (Å²) >= 11 is 0. The molecule has 0 amide bonds. The van der Waals surface area contributed by atoms with Crippen LogP contribution in [0.2, 0.25) is 0 Å². The third-order valence-electron chi connectivity index (χ3n) is 2.62. The Morgan fingerprint density at radius 3 is 2.53 bits per heavy atom. The minimum Gasteiger partial charge on any atom is -0.374 e. The van der Waals surface area contributed by atoms with Gasteiger partial charge in [-0.05, 0) is 6.42 Å². The van der Waals surface area contributed by atoms with Gasteiger partial charge in [0, 0.05) is 26.1 Å². The first-order valence-electron chi connectivity index (χ1n) is 5.61. The van der Waals surface area contributed by atoms with Crippen LogP contribution in [0, 0.1) is 0 Å². The van der Waals surface area contributed by atoms with Gasteiger partial charge >= 0.3 is 6.18 Å². The zero-order valence-electron chi connectivity index (χ0n) is 10.2. The number of rotatable bonds is 5. The van der Waals surface area contributed by atoms with Gasteiger partial charge in [0.1, 0.15) is 0 Å². The molecule has 19 heavy (non-hydrogen) atoms. The zero-order valence-corrected chi connectivity index (χ0v) is 11.9. The minimum atomic E-state index is -4.32. The van der Waals surface area contributed by atoms with Crippen LogP contribution in [0.4, 0.5) is 13.2 Å². The lowest BCUT2D eigenvalue weighted by atomic mass is 10.3. The van der Waals surface area contributed by atoms with Crippen molar-refractivity contribution in [3.8, 4) is 0 Å². The average molecular weight is 327 g/mol. The maximum atomic E-state index is 11.9. The number of nitrogens with zero attached hydrogens (tertiary/aromatic N) is 1. The van der Waals surface area contributed by atoms with E-state index in [1.807, 2.05) is 0 Å². The van der Waals surface area contributed by atoms with Gasteiger partial charge in [0.25, 0.3) is 0 Å². The van der Waals surface area contributed by atoms with Crippen LogP contribution in [0.15, 0.2) is 0 Å². The van der Waals surface area contributed by atoms with E-state index in [4.69, 9.17) is 10.5 Å². The molecule has 1 heterocycles. The first-order valence-corrected chi connectivity index (χ1v) is 7.22. The summed E-state index contributed by atoms with van der Waals surface area (Å²) in [7, 11) is -3.65. The topological polar surface area (TPSA) is 72.6 Å². The normalized spacial score (nSPS) is 22.0. The summed E-state index contributed by atoms with van der Waals surface area (Å²) in [5.74, 6) is -0.496. The van der Waals surface area contributed by atoms with Crippen molar-refractivity contribution in [2.24, 2.45) is 5.73 Å². The molecule has 0 aromatic rings. The smallest absolute Gasteiger partial charge is 0.374 e. The molecule has 0 spiro atoms. The first-order chi connectivity index (χ1) is 8.24. The van der Waals surface area contributed by atoms with Crippen molar-refractivity contribution in [2.45, 2.75) is 25.1 Å². The Hall–Kier alpha value is -0.0900. The number of morpholine rings is 1. The minimum absolute atomic E-state index is 0. The molecule has 1 rings (SSSR count). The third-order valence-corrected chi connectivity index (χ3v) is 4.54. The second-order valence-electron chi connectivity index (χ2n) is 4.12. The number of alkyl halides is 3. The number of halogens is 4. The maximum absolute atomic E-state index is 11.9. The van der Waals surface area contributed by atoms with Crippen molar-refractivity contribution >= 4 is 22.4 Å². The first kappa shape index (κ1) is 18.9. The number of nitrogens with two attached hydrogens (primary N) is 1. The van der Waals surface area contributed by atoms with Crippen molar-refractivity contribution in [3.63, 3.8) is 0 Å². The Labute approximate surface area is 116 Å². The van der Waals surface area contributed by atoms with Gasteiger partial charge in [-0.1, -0.05) is 0 Å². The molecule has 1 aliphatic rings. The Kier molecular flexibility index (Phi) is 7.59. The molecule has 1 saturated heterocycles. The van der Waals surface area contributed by atoms with Gasteiger partial charge in [-0.3, -0.25) is 0 Å². The fourth-order valence-corrected chi connectivity index (χ4v) is 3.19. The Morgan fingerprint density at radius 1 is 1.37 bits per heavy atom. The summed E-state index contributed by atoms with van der Waals surface area (Å²) in [6.07, 6.45) is -6.20.